The molecule has 0 radical (unpaired) electrons. The molecule has 184 valence electrons. The van der Waals surface area contributed by atoms with Crippen LogP contribution in [0.3, 0.4) is 0 Å². The predicted molar refractivity (Wildman–Crippen MR) is 160 cm³/mol. The summed E-state index contributed by atoms with van der Waals surface area (Å²) in [5.41, 5.74) is 19.3. The molecule has 0 amide bonds. The molecule has 2 aliphatic rings. The third-order valence-electron chi connectivity index (χ3n) is 8.95. The van der Waals surface area contributed by atoms with Crippen LogP contribution in [0.1, 0.15) is 44.5 Å². The lowest BCUT2D eigenvalue weighted by molar-refractivity contribution is 0.624. The molecule has 0 atom stereocenters. The molecule has 1 heteroatoms. The van der Waals surface area contributed by atoms with Crippen molar-refractivity contribution in [3.8, 4) is 11.1 Å². The van der Waals surface area contributed by atoms with E-state index < -0.39 is 10.8 Å². The highest BCUT2D eigenvalue weighted by Gasteiger charge is 2.56. The Balaban J connectivity index is 1.62. The molecule has 0 aromatic heterocycles. The van der Waals surface area contributed by atoms with Crippen molar-refractivity contribution in [3.63, 3.8) is 0 Å². The summed E-state index contributed by atoms with van der Waals surface area (Å²) in [7, 11) is 0. The second kappa shape index (κ2) is 8.06. The molecular weight excluding hydrogens is 470 g/mol. The lowest BCUT2D eigenvalue weighted by Crippen LogP contribution is -2.44. The molecule has 0 saturated carbocycles. The van der Waals surface area contributed by atoms with Gasteiger partial charge in [0.1, 0.15) is 0 Å². The number of benzene rings is 6. The van der Waals surface area contributed by atoms with Gasteiger partial charge in [0.05, 0.1) is 10.8 Å². The van der Waals surface area contributed by atoms with E-state index in [1.807, 2.05) is 6.07 Å². The molecule has 1 spiro atoms. The first kappa shape index (κ1) is 22.1. The summed E-state index contributed by atoms with van der Waals surface area (Å²) in [4.78, 5) is 0. The van der Waals surface area contributed by atoms with E-state index in [-0.39, 0.29) is 0 Å². The molecule has 6 aromatic carbocycles. The van der Waals surface area contributed by atoms with Gasteiger partial charge in [-0.2, -0.15) is 0 Å². The number of nitrogen functional groups attached to an aromatic ring is 1. The molecule has 6 aromatic rings. The van der Waals surface area contributed by atoms with Crippen molar-refractivity contribution >= 4 is 5.69 Å². The van der Waals surface area contributed by atoms with E-state index in [0.29, 0.717) is 0 Å². The molecular formula is C38H27N. The first-order chi connectivity index (χ1) is 19.3. The fraction of sp³-hybridized carbons (Fsp3) is 0.0526. The van der Waals surface area contributed by atoms with E-state index in [2.05, 4.69) is 146 Å². The molecule has 0 unspecified atom stereocenters. The van der Waals surface area contributed by atoms with Crippen LogP contribution in [0.2, 0.25) is 0 Å². The summed E-state index contributed by atoms with van der Waals surface area (Å²) in [5, 5.41) is 0. The van der Waals surface area contributed by atoms with Crippen molar-refractivity contribution in [2.24, 2.45) is 0 Å². The van der Waals surface area contributed by atoms with Crippen molar-refractivity contribution in [2.75, 3.05) is 5.73 Å². The van der Waals surface area contributed by atoms with Crippen LogP contribution in [0.5, 0.6) is 0 Å². The number of nitrogens with two attached hydrogens (primary N) is 1. The molecule has 2 aliphatic carbocycles. The minimum absolute atomic E-state index is 0.471. The van der Waals surface area contributed by atoms with Crippen molar-refractivity contribution in [2.45, 2.75) is 10.8 Å². The third kappa shape index (κ3) is 2.69. The molecule has 0 saturated heterocycles. The molecule has 1 nitrogen and oxygen atoms in total. The van der Waals surface area contributed by atoms with Crippen molar-refractivity contribution in [1.29, 1.82) is 0 Å². The van der Waals surface area contributed by atoms with Gasteiger partial charge in [0.15, 0.2) is 0 Å². The zero-order valence-electron chi connectivity index (χ0n) is 21.5. The number of fused-ring (bicyclic) bond motifs is 9. The van der Waals surface area contributed by atoms with Crippen LogP contribution in [0, 0.1) is 0 Å². The molecule has 0 bridgehead atoms. The zero-order chi connectivity index (χ0) is 26.0. The van der Waals surface area contributed by atoms with E-state index >= 15 is 0 Å². The maximum absolute atomic E-state index is 6.53. The third-order valence-corrected chi connectivity index (χ3v) is 8.95. The Morgan fingerprint density at radius 1 is 0.333 bits per heavy atom. The average Bonchev–Trinajstić information content (AvgIpc) is 3.29. The van der Waals surface area contributed by atoms with Crippen LogP contribution in [0.25, 0.3) is 11.1 Å². The van der Waals surface area contributed by atoms with Gasteiger partial charge in [-0.25, -0.2) is 0 Å². The fourth-order valence-electron chi connectivity index (χ4n) is 7.61. The lowest BCUT2D eigenvalue weighted by atomic mass is 9.51. The number of hydrogen-bond donors (Lipinski definition) is 1. The summed E-state index contributed by atoms with van der Waals surface area (Å²) in [6.45, 7) is 0. The van der Waals surface area contributed by atoms with Crippen LogP contribution < -0.4 is 5.73 Å². The summed E-state index contributed by atoms with van der Waals surface area (Å²) < 4.78 is 0. The van der Waals surface area contributed by atoms with Crippen LogP contribution in [0.15, 0.2) is 152 Å². The zero-order valence-corrected chi connectivity index (χ0v) is 21.5. The van der Waals surface area contributed by atoms with Gasteiger partial charge >= 0.3 is 0 Å². The van der Waals surface area contributed by atoms with Crippen molar-refractivity contribution in [3.05, 3.63) is 196 Å². The normalized spacial score (nSPS) is 15.2. The van der Waals surface area contributed by atoms with Gasteiger partial charge in [-0.15, -0.1) is 0 Å². The van der Waals surface area contributed by atoms with Gasteiger partial charge in [0, 0.05) is 5.69 Å². The van der Waals surface area contributed by atoms with Crippen LogP contribution in [-0.4, -0.2) is 0 Å². The molecule has 39 heavy (non-hydrogen) atoms. The maximum Gasteiger partial charge on any atom is 0.0720 e. The second-order valence-electron chi connectivity index (χ2n) is 10.7. The van der Waals surface area contributed by atoms with Gasteiger partial charge in [0.2, 0.25) is 0 Å². The van der Waals surface area contributed by atoms with Crippen molar-refractivity contribution < 1.29 is 0 Å². The Bertz CT molecular complexity index is 1780. The molecule has 0 heterocycles. The van der Waals surface area contributed by atoms with E-state index in [9.17, 15) is 0 Å². The number of anilines is 1. The minimum Gasteiger partial charge on any atom is -0.399 e. The highest BCUT2D eigenvalue weighted by molar-refractivity contribution is 5.90. The maximum atomic E-state index is 6.53. The summed E-state index contributed by atoms with van der Waals surface area (Å²) in [6.07, 6.45) is 0. The molecule has 0 fully saturated rings. The molecule has 2 N–H and O–H groups in total. The van der Waals surface area contributed by atoms with E-state index in [4.69, 9.17) is 5.73 Å². The van der Waals surface area contributed by atoms with Gasteiger partial charge < -0.3 is 5.73 Å². The average molecular weight is 498 g/mol. The Hall–Kier alpha value is -4.88. The molecule has 8 rings (SSSR count). The largest absolute Gasteiger partial charge is 0.399 e. The van der Waals surface area contributed by atoms with Gasteiger partial charge in [0.25, 0.3) is 0 Å². The Kier molecular flexibility index (Phi) is 4.57. The standard InChI is InChI=1S/C38H27N/c39-28-23-24-30-29-17-7-8-18-31(29)38(36(30)25-28)34-21-11-9-19-32(34)37(26-13-3-1-4-14-26,27-15-5-2-6-16-27)33-20-10-12-22-35(33)38/h1-25H,39H2. The fourth-order valence-corrected chi connectivity index (χ4v) is 7.61. The number of hydrogen-bond acceptors (Lipinski definition) is 1. The van der Waals surface area contributed by atoms with Gasteiger partial charge in [-0.3, -0.25) is 0 Å². The highest BCUT2D eigenvalue weighted by atomic mass is 14.6. The summed E-state index contributed by atoms with van der Waals surface area (Å²) >= 11 is 0. The van der Waals surface area contributed by atoms with Gasteiger partial charge in [-0.05, 0) is 67.8 Å². The SMILES string of the molecule is Nc1ccc2c(c1)C1(c3ccccc3-2)c2ccccc2C(c2ccccc2)(c2ccccc2)c2ccccc21. The number of rotatable bonds is 2. The van der Waals surface area contributed by atoms with Crippen molar-refractivity contribution in [1.82, 2.24) is 0 Å². The minimum atomic E-state index is -0.473. The van der Waals surface area contributed by atoms with Gasteiger partial charge in [-0.1, -0.05) is 140 Å². The Morgan fingerprint density at radius 2 is 0.744 bits per heavy atom. The van der Waals surface area contributed by atoms with Crippen LogP contribution >= 0.6 is 0 Å². The van der Waals surface area contributed by atoms with E-state index in [1.165, 1.54) is 55.6 Å². The second-order valence-corrected chi connectivity index (χ2v) is 10.7. The quantitative estimate of drug-likeness (QED) is 0.239. The van der Waals surface area contributed by atoms with Crippen LogP contribution in [0.4, 0.5) is 5.69 Å². The van der Waals surface area contributed by atoms with E-state index in [0.717, 1.165) is 5.69 Å². The monoisotopic (exact) mass is 497 g/mol. The smallest absolute Gasteiger partial charge is 0.0720 e. The Labute approximate surface area is 229 Å². The summed E-state index contributed by atoms with van der Waals surface area (Å²) in [6, 6.07) is 55.5. The summed E-state index contributed by atoms with van der Waals surface area (Å²) in [5.74, 6) is 0. The first-order valence-corrected chi connectivity index (χ1v) is 13.6. The Morgan fingerprint density at radius 3 is 1.28 bits per heavy atom. The molecule has 0 aliphatic heterocycles. The lowest BCUT2D eigenvalue weighted by Gasteiger charge is -2.50. The predicted octanol–water partition coefficient (Wildman–Crippen LogP) is 8.33. The topological polar surface area (TPSA) is 26.0 Å². The first-order valence-electron chi connectivity index (χ1n) is 13.6. The highest BCUT2D eigenvalue weighted by Crippen LogP contribution is 2.64. The van der Waals surface area contributed by atoms with Crippen LogP contribution in [-0.2, 0) is 10.8 Å². The van der Waals surface area contributed by atoms with E-state index in [1.54, 1.807) is 0 Å².